The van der Waals surface area contributed by atoms with Crippen molar-refractivity contribution in [2.24, 2.45) is 5.92 Å². The molecule has 0 heterocycles. The molecule has 0 aromatic rings. The number of hydrogen-bond acceptors (Lipinski definition) is 5. The van der Waals surface area contributed by atoms with Crippen LogP contribution in [0, 0.1) is 5.92 Å². The molecule has 13 heavy (non-hydrogen) atoms. The van der Waals surface area contributed by atoms with Crippen molar-refractivity contribution in [2.45, 2.75) is 24.7 Å². The van der Waals surface area contributed by atoms with E-state index in [1.807, 2.05) is 0 Å². The van der Waals surface area contributed by atoms with Crippen molar-refractivity contribution in [3.63, 3.8) is 0 Å². The summed E-state index contributed by atoms with van der Waals surface area (Å²) >= 11 is 0. The number of ketones is 1. The molecule has 0 aromatic heterocycles. The molecule has 0 saturated heterocycles. The molecule has 0 amide bonds. The molecule has 1 fully saturated rings. The number of carboxylic acid groups (broad SMARTS) is 1. The molecule has 1 saturated carbocycles. The largest absolute Gasteiger partial charge is 0.481 e. The fraction of sp³-hybridized carbons (Fsp3) is 0.714. The molecular weight excluding hydrogens is 180 g/mol. The van der Waals surface area contributed by atoms with Gasteiger partial charge in [-0.05, 0) is 0 Å². The van der Waals surface area contributed by atoms with Crippen molar-refractivity contribution in [2.75, 3.05) is 0 Å². The lowest BCUT2D eigenvalue weighted by Gasteiger charge is -2.31. The highest BCUT2D eigenvalue weighted by atomic mass is 16.4. The summed E-state index contributed by atoms with van der Waals surface area (Å²) in [4.78, 5) is 21.3. The first-order valence-electron chi connectivity index (χ1n) is 3.75. The highest BCUT2D eigenvalue weighted by Crippen LogP contribution is 2.23. The van der Waals surface area contributed by atoms with Crippen molar-refractivity contribution in [3.05, 3.63) is 0 Å². The van der Waals surface area contributed by atoms with Crippen molar-refractivity contribution in [1.82, 2.24) is 0 Å². The molecule has 6 nitrogen and oxygen atoms in total. The van der Waals surface area contributed by atoms with Gasteiger partial charge >= 0.3 is 5.97 Å². The Morgan fingerprint density at radius 3 is 2.23 bits per heavy atom. The van der Waals surface area contributed by atoms with Crippen LogP contribution in [-0.2, 0) is 9.59 Å². The summed E-state index contributed by atoms with van der Waals surface area (Å²) in [5.41, 5.74) is 0. The van der Waals surface area contributed by atoms with Gasteiger partial charge in [0.1, 0.15) is 12.2 Å². The third-order valence-electron chi connectivity index (χ3n) is 2.15. The van der Waals surface area contributed by atoms with Gasteiger partial charge in [0.05, 0.1) is 12.0 Å². The van der Waals surface area contributed by atoms with E-state index >= 15 is 0 Å². The van der Waals surface area contributed by atoms with Gasteiger partial charge in [0.2, 0.25) is 0 Å². The Labute approximate surface area is 73.4 Å². The van der Waals surface area contributed by atoms with E-state index in [-0.39, 0.29) is 0 Å². The Kier molecular flexibility index (Phi) is 2.65. The highest BCUT2D eigenvalue weighted by molar-refractivity contribution is 5.89. The maximum atomic E-state index is 10.9. The summed E-state index contributed by atoms with van der Waals surface area (Å²) in [6.45, 7) is 0. The molecule has 1 rings (SSSR count). The Balaban J connectivity index is 2.82. The predicted octanol–water partition coefficient (Wildman–Crippen LogP) is -2.26. The predicted molar refractivity (Wildman–Crippen MR) is 38.8 cm³/mol. The molecule has 4 N–H and O–H groups in total. The Morgan fingerprint density at radius 2 is 1.77 bits per heavy atom. The molecule has 4 atom stereocenters. The van der Waals surface area contributed by atoms with Gasteiger partial charge in [-0.2, -0.15) is 0 Å². The van der Waals surface area contributed by atoms with Crippen LogP contribution in [0.1, 0.15) is 6.42 Å². The first-order valence-corrected chi connectivity index (χ1v) is 3.75. The number of Topliss-reactive ketones (excluding diaryl/α,β-unsaturated/α-hetero) is 1. The normalized spacial score (nSPS) is 40.4. The number of aliphatic hydroxyl groups is 3. The van der Waals surface area contributed by atoms with Crippen LogP contribution >= 0.6 is 0 Å². The van der Waals surface area contributed by atoms with Crippen LogP contribution in [0.4, 0.5) is 0 Å². The standard InChI is InChI=1S/C7H10O6/c8-3-1-2(7(12)13)4(9)6(11)5(3)10/h2,4-6,9-11H,1H2,(H,12,13)/t2-,4+,5-,6-/m0/s1. The lowest BCUT2D eigenvalue weighted by atomic mass is 9.82. The zero-order valence-corrected chi connectivity index (χ0v) is 6.62. The zero-order chi connectivity index (χ0) is 10.2. The van der Waals surface area contributed by atoms with Gasteiger partial charge in [0.15, 0.2) is 5.78 Å². The SMILES string of the molecule is O=C(O)[C@H]1CC(=O)[C@H](O)[C@@H](O)[C@@H]1O. The minimum atomic E-state index is -1.71. The molecule has 0 bridgehead atoms. The molecule has 74 valence electrons. The van der Waals surface area contributed by atoms with E-state index in [0.717, 1.165) is 0 Å². The summed E-state index contributed by atoms with van der Waals surface area (Å²) in [6.07, 6.45) is -5.42. The van der Waals surface area contributed by atoms with Gasteiger partial charge in [0, 0.05) is 6.42 Å². The molecule has 1 aliphatic carbocycles. The zero-order valence-electron chi connectivity index (χ0n) is 6.62. The van der Waals surface area contributed by atoms with Gasteiger partial charge in [-0.15, -0.1) is 0 Å². The molecular formula is C7H10O6. The molecule has 0 unspecified atom stereocenters. The average Bonchev–Trinajstić information content (AvgIpc) is 2.07. The summed E-state index contributed by atoms with van der Waals surface area (Å²) < 4.78 is 0. The number of aliphatic hydroxyl groups excluding tert-OH is 3. The third-order valence-corrected chi connectivity index (χ3v) is 2.15. The minimum Gasteiger partial charge on any atom is -0.481 e. The topological polar surface area (TPSA) is 115 Å². The molecule has 0 radical (unpaired) electrons. The number of hydrogen-bond donors (Lipinski definition) is 4. The van der Waals surface area contributed by atoms with Crippen LogP contribution in [-0.4, -0.2) is 50.5 Å². The highest BCUT2D eigenvalue weighted by Gasteiger charge is 2.44. The summed E-state index contributed by atoms with van der Waals surface area (Å²) in [5.74, 6) is -3.44. The van der Waals surface area contributed by atoms with Gasteiger partial charge in [0.25, 0.3) is 0 Å². The first-order chi connectivity index (χ1) is 5.95. The van der Waals surface area contributed by atoms with E-state index in [0.29, 0.717) is 0 Å². The second-order valence-corrected chi connectivity index (χ2v) is 3.04. The first kappa shape index (κ1) is 10.1. The van der Waals surface area contributed by atoms with E-state index in [9.17, 15) is 9.59 Å². The second kappa shape index (κ2) is 3.41. The summed E-state index contributed by atoms with van der Waals surface area (Å²) in [7, 11) is 0. The van der Waals surface area contributed by atoms with E-state index in [2.05, 4.69) is 0 Å². The molecule has 0 aliphatic heterocycles. The van der Waals surface area contributed by atoms with Gasteiger partial charge in [-0.3, -0.25) is 9.59 Å². The Morgan fingerprint density at radius 1 is 1.23 bits per heavy atom. The Hall–Kier alpha value is -0.980. The number of carbonyl (C=O) groups excluding carboxylic acids is 1. The fourth-order valence-electron chi connectivity index (χ4n) is 1.31. The third kappa shape index (κ3) is 1.69. The summed E-state index contributed by atoms with van der Waals surface area (Å²) in [6, 6.07) is 0. The number of carboxylic acids is 1. The van der Waals surface area contributed by atoms with Crippen LogP contribution < -0.4 is 0 Å². The fourth-order valence-corrected chi connectivity index (χ4v) is 1.31. The van der Waals surface area contributed by atoms with Crippen LogP contribution in [0.3, 0.4) is 0 Å². The lowest BCUT2D eigenvalue weighted by molar-refractivity contribution is -0.168. The van der Waals surface area contributed by atoms with Crippen LogP contribution in [0.2, 0.25) is 0 Å². The maximum absolute atomic E-state index is 10.9. The van der Waals surface area contributed by atoms with Gasteiger partial charge < -0.3 is 20.4 Å². The smallest absolute Gasteiger partial charge is 0.309 e. The second-order valence-electron chi connectivity index (χ2n) is 3.04. The maximum Gasteiger partial charge on any atom is 0.309 e. The van der Waals surface area contributed by atoms with E-state index in [1.54, 1.807) is 0 Å². The van der Waals surface area contributed by atoms with Gasteiger partial charge in [-0.25, -0.2) is 0 Å². The van der Waals surface area contributed by atoms with Crippen molar-refractivity contribution in [3.8, 4) is 0 Å². The summed E-state index contributed by atoms with van der Waals surface area (Å²) in [5, 5.41) is 35.7. The number of rotatable bonds is 1. The van der Waals surface area contributed by atoms with E-state index in [4.69, 9.17) is 20.4 Å². The Bertz CT molecular complexity index is 237. The number of aliphatic carboxylic acids is 1. The lowest BCUT2D eigenvalue weighted by Crippen LogP contribution is -2.53. The quantitative estimate of drug-likeness (QED) is 0.371. The van der Waals surface area contributed by atoms with Crippen LogP contribution in [0.15, 0.2) is 0 Å². The van der Waals surface area contributed by atoms with E-state index in [1.165, 1.54) is 0 Å². The van der Waals surface area contributed by atoms with Crippen molar-refractivity contribution >= 4 is 11.8 Å². The molecule has 0 spiro atoms. The van der Waals surface area contributed by atoms with Crippen molar-refractivity contribution < 1.29 is 30.0 Å². The van der Waals surface area contributed by atoms with Crippen molar-refractivity contribution in [1.29, 1.82) is 0 Å². The minimum absolute atomic E-state index is 0.450. The molecule has 1 aliphatic rings. The molecule has 0 aromatic carbocycles. The van der Waals surface area contributed by atoms with Gasteiger partial charge in [-0.1, -0.05) is 0 Å². The number of carbonyl (C=O) groups is 2. The van der Waals surface area contributed by atoms with Crippen LogP contribution in [0.25, 0.3) is 0 Å². The average molecular weight is 190 g/mol. The monoisotopic (exact) mass is 190 g/mol. The molecule has 6 heteroatoms. The van der Waals surface area contributed by atoms with Crippen LogP contribution in [0.5, 0.6) is 0 Å². The van der Waals surface area contributed by atoms with E-state index < -0.39 is 42.4 Å².